The summed E-state index contributed by atoms with van der Waals surface area (Å²) in [4.78, 5) is 12.7. The van der Waals surface area contributed by atoms with Crippen molar-refractivity contribution in [3.8, 4) is 0 Å². The van der Waals surface area contributed by atoms with Crippen molar-refractivity contribution in [1.29, 1.82) is 0 Å². The summed E-state index contributed by atoms with van der Waals surface area (Å²) in [7, 11) is -7.28. The predicted octanol–water partition coefficient (Wildman–Crippen LogP) is 2.43. The van der Waals surface area contributed by atoms with E-state index in [2.05, 4.69) is 10.0 Å². The minimum Gasteiger partial charge on any atom is -0.377 e. The lowest BCUT2D eigenvalue weighted by atomic mass is 10.2. The Morgan fingerprint density at radius 2 is 1.58 bits per heavy atom. The van der Waals surface area contributed by atoms with Crippen molar-refractivity contribution in [2.24, 2.45) is 0 Å². The van der Waals surface area contributed by atoms with Gasteiger partial charge in [-0.3, -0.25) is 4.79 Å². The van der Waals surface area contributed by atoms with Gasteiger partial charge >= 0.3 is 0 Å². The van der Waals surface area contributed by atoms with Crippen LogP contribution in [0.5, 0.6) is 0 Å². The normalized spacial score (nSPS) is 16.8. The number of anilines is 1. The lowest BCUT2D eigenvalue weighted by molar-refractivity contribution is 0.102. The fourth-order valence-electron chi connectivity index (χ4n) is 3.50. The van der Waals surface area contributed by atoms with Gasteiger partial charge in [-0.2, -0.15) is 4.31 Å². The van der Waals surface area contributed by atoms with Crippen LogP contribution in [0.25, 0.3) is 0 Å². The van der Waals surface area contributed by atoms with Gasteiger partial charge in [-0.1, -0.05) is 13.8 Å². The van der Waals surface area contributed by atoms with Gasteiger partial charge in [0.05, 0.1) is 15.9 Å². The van der Waals surface area contributed by atoms with Crippen molar-refractivity contribution in [1.82, 2.24) is 9.03 Å². The van der Waals surface area contributed by atoms with E-state index in [1.54, 1.807) is 13.8 Å². The van der Waals surface area contributed by atoms with E-state index in [9.17, 15) is 21.6 Å². The number of benzene rings is 2. The molecule has 2 aromatic rings. The number of rotatable bonds is 10. The molecule has 0 spiro atoms. The number of sulfonamides is 2. The number of ether oxygens (including phenoxy) is 1. The van der Waals surface area contributed by atoms with E-state index in [4.69, 9.17) is 4.74 Å². The Bertz CT molecular complexity index is 1150. The lowest BCUT2D eigenvalue weighted by Crippen LogP contribution is -2.31. The van der Waals surface area contributed by atoms with Gasteiger partial charge in [0.25, 0.3) is 5.91 Å². The Balaban J connectivity index is 1.63. The molecule has 180 valence electrons. The zero-order valence-corrected chi connectivity index (χ0v) is 20.3. The van der Waals surface area contributed by atoms with Gasteiger partial charge in [-0.05, 0) is 61.4 Å². The molecule has 1 atom stereocenters. The van der Waals surface area contributed by atoms with Crippen molar-refractivity contribution >= 4 is 31.6 Å². The maximum atomic E-state index is 12.6. The van der Waals surface area contributed by atoms with Crippen LogP contribution in [-0.4, -0.2) is 59.4 Å². The van der Waals surface area contributed by atoms with Gasteiger partial charge < -0.3 is 10.1 Å². The Hall–Kier alpha value is -2.31. The second-order valence-corrected chi connectivity index (χ2v) is 11.3. The van der Waals surface area contributed by atoms with Gasteiger partial charge in [0.1, 0.15) is 0 Å². The summed E-state index contributed by atoms with van der Waals surface area (Å²) < 4.78 is 59.3. The highest BCUT2D eigenvalue weighted by atomic mass is 32.2. The van der Waals surface area contributed by atoms with E-state index in [-0.39, 0.29) is 28.0 Å². The molecule has 3 rings (SSSR count). The monoisotopic (exact) mass is 495 g/mol. The molecule has 1 aliphatic heterocycles. The summed E-state index contributed by atoms with van der Waals surface area (Å²) in [5, 5.41) is 2.69. The highest BCUT2D eigenvalue weighted by Crippen LogP contribution is 2.19. The maximum Gasteiger partial charge on any atom is 0.255 e. The van der Waals surface area contributed by atoms with Gasteiger partial charge in [0.2, 0.25) is 20.0 Å². The average Bonchev–Trinajstić information content (AvgIpc) is 3.33. The molecule has 0 aromatic heterocycles. The summed E-state index contributed by atoms with van der Waals surface area (Å²) in [6, 6.07) is 11.5. The average molecular weight is 496 g/mol. The van der Waals surface area contributed by atoms with Gasteiger partial charge in [0.15, 0.2) is 0 Å². The largest absolute Gasteiger partial charge is 0.377 e. The van der Waals surface area contributed by atoms with E-state index in [0.29, 0.717) is 25.4 Å². The van der Waals surface area contributed by atoms with E-state index in [1.165, 1.54) is 52.8 Å². The summed E-state index contributed by atoms with van der Waals surface area (Å²) in [5.41, 5.74) is 0.696. The van der Waals surface area contributed by atoms with Crippen molar-refractivity contribution in [2.45, 2.75) is 42.6 Å². The number of hydrogen-bond donors (Lipinski definition) is 2. The molecule has 0 radical (unpaired) electrons. The Morgan fingerprint density at radius 3 is 2.12 bits per heavy atom. The van der Waals surface area contributed by atoms with Crippen molar-refractivity contribution in [2.75, 3.05) is 31.6 Å². The molecule has 0 bridgehead atoms. The Labute approximate surface area is 195 Å². The zero-order valence-electron chi connectivity index (χ0n) is 18.7. The summed E-state index contributed by atoms with van der Waals surface area (Å²) in [6.07, 6.45) is 1.63. The quantitative estimate of drug-likeness (QED) is 0.522. The Kier molecular flexibility index (Phi) is 8.24. The van der Waals surface area contributed by atoms with E-state index in [1.807, 2.05) is 0 Å². The molecule has 0 saturated carbocycles. The lowest BCUT2D eigenvalue weighted by Gasteiger charge is -2.18. The van der Waals surface area contributed by atoms with Gasteiger partial charge in [-0.25, -0.2) is 21.6 Å². The van der Waals surface area contributed by atoms with Crippen LogP contribution in [0.15, 0.2) is 58.3 Å². The fourth-order valence-corrected chi connectivity index (χ4v) is 6.03. The van der Waals surface area contributed by atoms with Crippen LogP contribution in [-0.2, 0) is 24.8 Å². The minimum absolute atomic E-state index is 0.0583. The minimum atomic E-state index is -3.70. The first-order valence-electron chi connectivity index (χ1n) is 10.8. The van der Waals surface area contributed by atoms with E-state index in [0.717, 1.165) is 12.8 Å². The molecule has 33 heavy (non-hydrogen) atoms. The second kappa shape index (κ2) is 10.7. The third-order valence-corrected chi connectivity index (χ3v) is 8.91. The third kappa shape index (κ3) is 6.18. The molecule has 1 aliphatic rings. The van der Waals surface area contributed by atoms with Crippen molar-refractivity contribution in [3.05, 3.63) is 54.1 Å². The number of nitrogens with zero attached hydrogens (tertiary/aromatic N) is 1. The molecule has 1 fully saturated rings. The van der Waals surface area contributed by atoms with Crippen LogP contribution in [0.4, 0.5) is 5.69 Å². The van der Waals surface area contributed by atoms with Crippen LogP contribution in [0.1, 0.15) is 37.0 Å². The highest BCUT2D eigenvalue weighted by Gasteiger charge is 2.22. The molecule has 1 saturated heterocycles. The van der Waals surface area contributed by atoms with Gasteiger partial charge in [-0.15, -0.1) is 0 Å². The fraction of sp³-hybridized carbons (Fsp3) is 0.409. The number of nitrogens with one attached hydrogen (secondary N) is 2. The first-order valence-corrected chi connectivity index (χ1v) is 13.7. The SMILES string of the molecule is CCN(CC)S(=O)(=O)c1ccc(NC(=O)c2ccc(S(=O)(=O)NCC3CCCO3)cc2)cc1. The first kappa shape index (κ1) is 25.3. The molecule has 1 unspecified atom stereocenters. The Morgan fingerprint density at radius 1 is 0.970 bits per heavy atom. The summed E-state index contributed by atoms with van der Waals surface area (Å²) in [6.45, 7) is 5.13. The van der Waals surface area contributed by atoms with Crippen LogP contribution in [0.2, 0.25) is 0 Å². The topological polar surface area (TPSA) is 122 Å². The standard InChI is InChI=1S/C22H29N3O6S2/c1-3-25(4-2)33(29,30)21-13-9-18(10-14-21)24-22(26)17-7-11-20(12-8-17)32(27,28)23-16-19-6-5-15-31-19/h7-14,19,23H,3-6,15-16H2,1-2H3,(H,24,26). The number of hydrogen-bond acceptors (Lipinski definition) is 6. The third-order valence-electron chi connectivity index (χ3n) is 5.41. The number of amides is 1. The molecule has 0 aliphatic carbocycles. The van der Waals surface area contributed by atoms with Crippen LogP contribution in [0, 0.1) is 0 Å². The van der Waals surface area contributed by atoms with E-state index >= 15 is 0 Å². The smallest absolute Gasteiger partial charge is 0.255 e. The first-order chi connectivity index (χ1) is 15.7. The van der Waals surface area contributed by atoms with Crippen LogP contribution >= 0.6 is 0 Å². The maximum absolute atomic E-state index is 12.6. The second-order valence-electron chi connectivity index (χ2n) is 7.58. The molecule has 2 aromatic carbocycles. The molecular weight excluding hydrogens is 466 g/mol. The van der Waals surface area contributed by atoms with Crippen molar-refractivity contribution in [3.63, 3.8) is 0 Å². The molecule has 1 amide bonds. The highest BCUT2D eigenvalue weighted by molar-refractivity contribution is 7.89. The molecule has 9 nitrogen and oxygen atoms in total. The predicted molar refractivity (Wildman–Crippen MR) is 125 cm³/mol. The number of carbonyl (C=O) groups excluding carboxylic acids is 1. The zero-order chi connectivity index (χ0) is 24.1. The molecule has 2 N–H and O–H groups in total. The van der Waals surface area contributed by atoms with Crippen LogP contribution < -0.4 is 10.0 Å². The van der Waals surface area contributed by atoms with Crippen molar-refractivity contribution < 1.29 is 26.4 Å². The molecule has 11 heteroatoms. The summed E-state index contributed by atoms with van der Waals surface area (Å²) in [5.74, 6) is -0.439. The summed E-state index contributed by atoms with van der Waals surface area (Å²) >= 11 is 0. The molecule has 1 heterocycles. The van der Waals surface area contributed by atoms with Gasteiger partial charge in [0, 0.05) is 37.5 Å². The van der Waals surface area contributed by atoms with Crippen LogP contribution in [0.3, 0.4) is 0 Å². The number of carbonyl (C=O) groups is 1. The van der Waals surface area contributed by atoms with E-state index < -0.39 is 26.0 Å². The molecular formula is C22H29N3O6S2.